The van der Waals surface area contributed by atoms with Gasteiger partial charge >= 0.3 is 0 Å². The Morgan fingerprint density at radius 3 is 2.62 bits per heavy atom. The van der Waals surface area contributed by atoms with Crippen molar-refractivity contribution in [1.82, 2.24) is 4.90 Å². The fraction of sp³-hybridized carbons (Fsp3) is 0.385. The summed E-state index contributed by atoms with van der Waals surface area (Å²) >= 11 is 1.81. The van der Waals surface area contributed by atoms with E-state index in [1.54, 1.807) is 7.11 Å². The van der Waals surface area contributed by atoms with Gasteiger partial charge in [0, 0.05) is 23.4 Å². The van der Waals surface area contributed by atoms with Crippen LogP contribution in [0.5, 0.6) is 5.75 Å². The zero-order chi connectivity index (χ0) is 19.7. The molecular formula is C26H29NOS. The molecule has 1 unspecified atom stereocenters. The molecule has 0 radical (unpaired) electrons. The molecule has 2 aromatic carbocycles. The summed E-state index contributed by atoms with van der Waals surface area (Å²) in [6, 6.07) is 22.5. The van der Waals surface area contributed by atoms with E-state index in [4.69, 9.17) is 4.74 Å². The third-order valence-electron chi connectivity index (χ3n) is 6.65. The lowest BCUT2D eigenvalue weighted by Gasteiger charge is -2.44. The molecule has 3 aromatic rings. The van der Waals surface area contributed by atoms with Crippen LogP contribution in [0.4, 0.5) is 0 Å². The molecule has 0 bridgehead atoms. The van der Waals surface area contributed by atoms with Crippen molar-refractivity contribution < 1.29 is 4.74 Å². The van der Waals surface area contributed by atoms with E-state index in [1.807, 2.05) is 11.3 Å². The fourth-order valence-corrected chi connectivity index (χ4v) is 5.65. The number of thiophene rings is 1. The van der Waals surface area contributed by atoms with Gasteiger partial charge in [0.2, 0.25) is 0 Å². The summed E-state index contributed by atoms with van der Waals surface area (Å²) in [5.74, 6) is 1.88. The van der Waals surface area contributed by atoms with Gasteiger partial charge in [0.1, 0.15) is 5.75 Å². The van der Waals surface area contributed by atoms with Crippen molar-refractivity contribution in [1.29, 1.82) is 0 Å². The molecule has 0 N–H and O–H groups in total. The number of piperidine rings is 1. The van der Waals surface area contributed by atoms with Crippen molar-refractivity contribution in [2.75, 3.05) is 26.7 Å². The third kappa shape index (κ3) is 3.86. The largest absolute Gasteiger partial charge is 0.497 e. The van der Waals surface area contributed by atoms with E-state index < -0.39 is 0 Å². The smallest absolute Gasteiger partial charge is 0.119 e. The first kappa shape index (κ1) is 18.9. The van der Waals surface area contributed by atoms with Gasteiger partial charge in [0.05, 0.1) is 7.11 Å². The van der Waals surface area contributed by atoms with Crippen LogP contribution in [0, 0.1) is 5.92 Å². The van der Waals surface area contributed by atoms with E-state index in [0.29, 0.717) is 0 Å². The quantitative estimate of drug-likeness (QED) is 0.485. The molecular weight excluding hydrogens is 374 g/mol. The van der Waals surface area contributed by atoms with E-state index in [1.165, 1.54) is 60.3 Å². The summed E-state index contributed by atoms with van der Waals surface area (Å²) in [6.45, 7) is 3.60. The number of nitrogens with zero attached hydrogens (tertiary/aromatic N) is 1. The number of benzene rings is 2. The Bertz CT molecular complexity index is 945. The molecule has 1 saturated heterocycles. The second-order valence-corrected chi connectivity index (χ2v) is 9.60. The standard InChI is InChI=1S/C26H29NOS/c1-28-24-6-2-5-23(17-24)26(14-4-15-27(19-26)18-20-8-9-20)22-12-10-21(11-13-22)25-7-3-16-29-25/h2-3,5-7,10-13,16-17,20H,4,8-9,14-15,18-19H2,1H3. The molecule has 1 aromatic heterocycles. The van der Waals surface area contributed by atoms with E-state index >= 15 is 0 Å². The van der Waals surface area contributed by atoms with E-state index in [0.717, 1.165) is 18.2 Å². The lowest BCUT2D eigenvalue weighted by molar-refractivity contribution is 0.162. The molecule has 5 rings (SSSR count). The topological polar surface area (TPSA) is 12.5 Å². The Morgan fingerprint density at radius 1 is 1.03 bits per heavy atom. The van der Waals surface area contributed by atoms with Gasteiger partial charge in [0.25, 0.3) is 0 Å². The average Bonchev–Trinajstić information content (AvgIpc) is 3.42. The van der Waals surface area contributed by atoms with Gasteiger partial charge in [-0.05, 0) is 78.4 Å². The molecule has 1 saturated carbocycles. The molecule has 29 heavy (non-hydrogen) atoms. The maximum absolute atomic E-state index is 5.58. The molecule has 2 aliphatic rings. The van der Waals surface area contributed by atoms with Gasteiger partial charge in [0.15, 0.2) is 0 Å². The average molecular weight is 404 g/mol. The van der Waals surface area contributed by atoms with Crippen LogP contribution in [-0.4, -0.2) is 31.6 Å². The molecule has 0 spiro atoms. The summed E-state index contributed by atoms with van der Waals surface area (Å²) in [7, 11) is 1.77. The van der Waals surface area contributed by atoms with Crippen molar-refractivity contribution in [2.45, 2.75) is 31.1 Å². The minimum Gasteiger partial charge on any atom is -0.497 e. The number of likely N-dealkylation sites (tertiary alicyclic amines) is 1. The third-order valence-corrected chi connectivity index (χ3v) is 7.57. The second-order valence-electron chi connectivity index (χ2n) is 8.65. The van der Waals surface area contributed by atoms with Crippen LogP contribution in [0.15, 0.2) is 66.0 Å². The zero-order valence-corrected chi connectivity index (χ0v) is 18.0. The molecule has 150 valence electrons. The van der Waals surface area contributed by atoms with Crippen LogP contribution >= 0.6 is 11.3 Å². The number of hydrogen-bond acceptors (Lipinski definition) is 3. The number of rotatable bonds is 6. The Hall–Kier alpha value is -2.10. The molecule has 1 aliphatic carbocycles. The van der Waals surface area contributed by atoms with Crippen LogP contribution < -0.4 is 4.74 Å². The first-order valence-corrected chi connectivity index (χ1v) is 11.7. The van der Waals surface area contributed by atoms with Gasteiger partial charge < -0.3 is 9.64 Å². The Balaban J connectivity index is 1.54. The normalized spacial score (nSPS) is 22.5. The predicted molar refractivity (Wildman–Crippen MR) is 122 cm³/mol. The van der Waals surface area contributed by atoms with E-state index in [-0.39, 0.29) is 5.41 Å². The number of hydrogen-bond donors (Lipinski definition) is 0. The minimum atomic E-state index is 0.0374. The van der Waals surface area contributed by atoms with Crippen molar-refractivity contribution in [3.05, 3.63) is 77.2 Å². The van der Waals surface area contributed by atoms with Crippen molar-refractivity contribution >= 4 is 11.3 Å². The van der Waals surface area contributed by atoms with Crippen molar-refractivity contribution in [2.24, 2.45) is 5.92 Å². The molecule has 2 heterocycles. The first-order chi connectivity index (χ1) is 14.3. The summed E-state index contributed by atoms with van der Waals surface area (Å²) < 4.78 is 5.58. The van der Waals surface area contributed by atoms with Gasteiger partial charge in [-0.15, -0.1) is 11.3 Å². The van der Waals surface area contributed by atoms with E-state index in [9.17, 15) is 0 Å². The molecule has 1 aliphatic heterocycles. The summed E-state index contributed by atoms with van der Waals surface area (Å²) in [5, 5.41) is 2.15. The van der Waals surface area contributed by atoms with Crippen LogP contribution in [0.3, 0.4) is 0 Å². The second kappa shape index (κ2) is 7.97. The van der Waals surface area contributed by atoms with Gasteiger partial charge in [-0.1, -0.05) is 42.5 Å². The van der Waals surface area contributed by atoms with Gasteiger partial charge in [-0.3, -0.25) is 0 Å². The van der Waals surface area contributed by atoms with Gasteiger partial charge in [-0.2, -0.15) is 0 Å². The SMILES string of the molecule is COc1cccc(C2(c3ccc(-c4cccs4)cc3)CCCN(CC3CC3)C2)c1. The Labute approximate surface area is 178 Å². The van der Waals surface area contributed by atoms with Crippen molar-refractivity contribution in [3.8, 4) is 16.2 Å². The Kier molecular flexibility index (Phi) is 5.19. The lowest BCUT2D eigenvalue weighted by atomic mass is 9.69. The Morgan fingerprint density at radius 2 is 1.90 bits per heavy atom. The molecule has 3 heteroatoms. The number of methoxy groups -OCH3 is 1. The first-order valence-electron chi connectivity index (χ1n) is 10.8. The molecule has 1 atom stereocenters. The molecule has 0 amide bonds. The highest BCUT2D eigenvalue weighted by atomic mass is 32.1. The van der Waals surface area contributed by atoms with Crippen molar-refractivity contribution in [3.63, 3.8) is 0 Å². The highest BCUT2D eigenvalue weighted by Crippen LogP contribution is 2.43. The molecule has 2 fully saturated rings. The highest BCUT2D eigenvalue weighted by Gasteiger charge is 2.40. The summed E-state index contributed by atoms with van der Waals surface area (Å²) in [6.07, 6.45) is 5.27. The van der Waals surface area contributed by atoms with Crippen LogP contribution in [0.1, 0.15) is 36.8 Å². The van der Waals surface area contributed by atoms with Crippen LogP contribution in [-0.2, 0) is 5.41 Å². The predicted octanol–water partition coefficient (Wildman–Crippen LogP) is 6.22. The van der Waals surface area contributed by atoms with Gasteiger partial charge in [-0.25, -0.2) is 0 Å². The minimum absolute atomic E-state index is 0.0374. The van der Waals surface area contributed by atoms with E-state index in [2.05, 4.69) is 70.9 Å². The monoisotopic (exact) mass is 403 g/mol. The maximum atomic E-state index is 5.58. The zero-order valence-electron chi connectivity index (χ0n) is 17.1. The highest BCUT2D eigenvalue weighted by molar-refractivity contribution is 7.13. The molecule has 2 nitrogen and oxygen atoms in total. The van der Waals surface area contributed by atoms with Crippen LogP contribution in [0.25, 0.3) is 10.4 Å². The maximum Gasteiger partial charge on any atom is 0.119 e. The summed E-state index contributed by atoms with van der Waals surface area (Å²) in [5.41, 5.74) is 4.18. The number of ether oxygens (including phenoxy) is 1. The summed E-state index contributed by atoms with van der Waals surface area (Å²) in [4.78, 5) is 4.05. The lowest BCUT2D eigenvalue weighted by Crippen LogP contribution is -2.47. The van der Waals surface area contributed by atoms with Crippen LogP contribution in [0.2, 0.25) is 0 Å². The fourth-order valence-electron chi connectivity index (χ4n) is 4.92.